The molecule has 2 aliphatic rings. The average Bonchev–Trinajstić information content (AvgIpc) is 2.64. The summed E-state index contributed by atoms with van der Waals surface area (Å²) < 4.78 is 44.4. The summed E-state index contributed by atoms with van der Waals surface area (Å²) in [5, 5.41) is 0. The first-order valence-corrected chi connectivity index (χ1v) is 9.39. The van der Waals surface area contributed by atoms with Gasteiger partial charge in [-0.15, -0.1) is 0 Å². The van der Waals surface area contributed by atoms with E-state index >= 15 is 0 Å². The van der Waals surface area contributed by atoms with E-state index in [1.165, 1.54) is 17.0 Å². The molecule has 26 heavy (non-hydrogen) atoms. The SMILES string of the molecule is CN1C(=O)COc2c(NS(=O)(=O)c3ccc4c(c3)OCCO4)cccc21. The number of sulfonamides is 1. The molecule has 2 aliphatic heterocycles. The Morgan fingerprint density at radius 3 is 2.62 bits per heavy atom. The highest BCUT2D eigenvalue weighted by Gasteiger charge is 2.27. The van der Waals surface area contributed by atoms with Crippen LogP contribution in [0.2, 0.25) is 0 Å². The highest BCUT2D eigenvalue weighted by atomic mass is 32.2. The zero-order chi connectivity index (χ0) is 18.3. The van der Waals surface area contributed by atoms with Crippen molar-refractivity contribution in [2.45, 2.75) is 4.90 Å². The number of hydrogen-bond acceptors (Lipinski definition) is 6. The summed E-state index contributed by atoms with van der Waals surface area (Å²) in [6, 6.07) is 9.35. The third kappa shape index (κ3) is 2.80. The van der Waals surface area contributed by atoms with Crippen LogP contribution in [0.5, 0.6) is 17.2 Å². The van der Waals surface area contributed by atoms with Gasteiger partial charge in [-0.2, -0.15) is 0 Å². The minimum absolute atomic E-state index is 0.0413. The highest BCUT2D eigenvalue weighted by Crippen LogP contribution is 2.39. The fraction of sp³-hybridized carbons (Fsp3) is 0.235. The predicted octanol–water partition coefficient (Wildman–Crippen LogP) is 1.61. The van der Waals surface area contributed by atoms with Gasteiger partial charge >= 0.3 is 0 Å². The molecule has 0 unspecified atom stereocenters. The summed E-state index contributed by atoms with van der Waals surface area (Å²) in [5.74, 6) is 1.01. The summed E-state index contributed by atoms with van der Waals surface area (Å²) >= 11 is 0. The number of likely N-dealkylation sites (N-methyl/N-ethyl adjacent to an activating group) is 1. The van der Waals surface area contributed by atoms with Gasteiger partial charge in [0.15, 0.2) is 23.9 Å². The first-order chi connectivity index (χ1) is 12.5. The van der Waals surface area contributed by atoms with E-state index in [0.717, 1.165) is 0 Å². The Bertz CT molecular complexity index is 989. The molecular weight excluding hydrogens is 360 g/mol. The lowest BCUT2D eigenvalue weighted by atomic mass is 10.2. The van der Waals surface area contributed by atoms with Gasteiger partial charge in [0, 0.05) is 13.1 Å². The average molecular weight is 376 g/mol. The first kappa shape index (κ1) is 16.5. The molecule has 0 saturated heterocycles. The molecule has 2 heterocycles. The molecule has 2 aromatic rings. The van der Waals surface area contributed by atoms with Crippen molar-refractivity contribution in [2.24, 2.45) is 0 Å². The number of carbonyl (C=O) groups is 1. The van der Waals surface area contributed by atoms with Gasteiger partial charge in [0.1, 0.15) is 13.2 Å². The maximum absolute atomic E-state index is 12.8. The van der Waals surface area contributed by atoms with E-state index in [-0.39, 0.29) is 23.1 Å². The van der Waals surface area contributed by atoms with Crippen molar-refractivity contribution in [3.8, 4) is 17.2 Å². The molecule has 0 aromatic heterocycles. The molecule has 9 heteroatoms. The molecule has 0 saturated carbocycles. The fourth-order valence-electron chi connectivity index (χ4n) is 2.78. The van der Waals surface area contributed by atoms with Crippen LogP contribution in [0.4, 0.5) is 11.4 Å². The van der Waals surface area contributed by atoms with Crippen LogP contribution in [-0.2, 0) is 14.8 Å². The van der Waals surface area contributed by atoms with E-state index in [2.05, 4.69) is 4.72 Å². The van der Waals surface area contributed by atoms with E-state index in [0.29, 0.717) is 36.1 Å². The topological polar surface area (TPSA) is 94.2 Å². The van der Waals surface area contributed by atoms with Crippen LogP contribution in [-0.4, -0.2) is 41.2 Å². The Morgan fingerprint density at radius 2 is 1.81 bits per heavy atom. The number of benzene rings is 2. The maximum atomic E-state index is 12.8. The number of carbonyl (C=O) groups excluding carboxylic acids is 1. The van der Waals surface area contributed by atoms with Crippen LogP contribution in [0.3, 0.4) is 0 Å². The van der Waals surface area contributed by atoms with Crippen molar-refractivity contribution in [1.82, 2.24) is 0 Å². The van der Waals surface area contributed by atoms with E-state index < -0.39 is 10.0 Å². The summed E-state index contributed by atoms with van der Waals surface area (Å²) in [5.41, 5.74) is 0.764. The lowest BCUT2D eigenvalue weighted by Crippen LogP contribution is -2.35. The largest absolute Gasteiger partial charge is 0.486 e. The van der Waals surface area contributed by atoms with Crippen molar-refractivity contribution < 1.29 is 27.4 Å². The third-order valence-corrected chi connectivity index (χ3v) is 5.50. The molecular formula is C17H16N2O6S. The normalized spacial score (nSPS) is 15.9. The highest BCUT2D eigenvalue weighted by molar-refractivity contribution is 7.92. The molecule has 136 valence electrons. The Hall–Kier alpha value is -2.94. The zero-order valence-electron chi connectivity index (χ0n) is 13.9. The van der Waals surface area contributed by atoms with Crippen LogP contribution in [0.25, 0.3) is 0 Å². The second-order valence-electron chi connectivity index (χ2n) is 5.81. The van der Waals surface area contributed by atoms with Gasteiger partial charge in [-0.3, -0.25) is 9.52 Å². The summed E-state index contributed by atoms with van der Waals surface area (Å²) in [7, 11) is -2.27. The molecule has 0 bridgehead atoms. The summed E-state index contributed by atoms with van der Waals surface area (Å²) in [4.78, 5) is 13.2. The van der Waals surface area contributed by atoms with E-state index in [1.807, 2.05) is 0 Å². The maximum Gasteiger partial charge on any atom is 0.264 e. The van der Waals surface area contributed by atoms with Gasteiger partial charge in [0.05, 0.1) is 16.3 Å². The van der Waals surface area contributed by atoms with E-state index in [9.17, 15) is 13.2 Å². The second kappa shape index (κ2) is 6.10. The zero-order valence-corrected chi connectivity index (χ0v) is 14.7. The van der Waals surface area contributed by atoms with Gasteiger partial charge in [0.2, 0.25) is 0 Å². The lowest BCUT2D eigenvalue weighted by Gasteiger charge is -2.27. The van der Waals surface area contributed by atoms with Gasteiger partial charge in [0.25, 0.3) is 15.9 Å². The smallest absolute Gasteiger partial charge is 0.264 e. The second-order valence-corrected chi connectivity index (χ2v) is 7.49. The molecule has 1 N–H and O–H groups in total. The molecule has 8 nitrogen and oxygen atoms in total. The number of para-hydroxylation sites is 1. The standard InChI is InChI=1S/C17H16N2O6S/c1-19-13-4-2-3-12(17(13)25-10-16(19)20)18-26(21,22)11-5-6-14-15(9-11)24-8-7-23-14/h2-6,9,18H,7-8,10H2,1H3. The van der Waals surface area contributed by atoms with Crippen LogP contribution in [0.1, 0.15) is 0 Å². The lowest BCUT2D eigenvalue weighted by molar-refractivity contribution is -0.120. The van der Waals surface area contributed by atoms with Gasteiger partial charge in [-0.25, -0.2) is 8.42 Å². The number of rotatable bonds is 3. The predicted molar refractivity (Wildman–Crippen MR) is 93.6 cm³/mol. The number of hydrogen-bond donors (Lipinski definition) is 1. The summed E-state index contributed by atoms with van der Waals surface area (Å²) in [6.07, 6.45) is 0. The number of nitrogens with one attached hydrogen (secondary N) is 1. The van der Waals surface area contributed by atoms with E-state index in [4.69, 9.17) is 14.2 Å². The molecule has 0 fully saturated rings. The monoisotopic (exact) mass is 376 g/mol. The van der Waals surface area contributed by atoms with Gasteiger partial charge in [-0.1, -0.05) is 6.07 Å². The number of nitrogens with zero attached hydrogens (tertiary/aromatic N) is 1. The fourth-order valence-corrected chi connectivity index (χ4v) is 3.86. The molecule has 0 atom stereocenters. The molecule has 1 amide bonds. The van der Waals surface area contributed by atoms with Crippen molar-refractivity contribution in [3.63, 3.8) is 0 Å². The number of anilines is 2. The van der Waals surface area contributed by atoms with Crippen molar-refractivity contribution in [2.75, 3.05) is 36.5 Å². The van der Waals surface area contributed by atoms with Crippen molar-refractivity contribution in [1.29, 1.82) is 0 Å². The van der Waals surface area contributed by atoms with Crippen LogP contribution >= 0.6 is 0 Å². The minimum atomic E-state index is -3.88. The number of fused-ring (bicyclic) bond motifs is 2. The van der Waals surface area contributed by atoms with Crippen molar-refractivity contribution >= 4 is 27.3 Å². The van der Waals surface area contributed by atoms with Crippen LogP contribution in [0, 0.1) is 0 Å². The number of amides is 1. The van der Waals surface area contributed by atoms with Gasteiger partial charge < -0.3 is 19.1 Å². The Morgan fingerprint density at radius 1 is 1.04 bits per heavy atom. The Labute approximate surface area is 150 Å². The van der Waals surface area contributed by atoms with Crippen molar-refractivity contribution in [3.05, 3.63) is 36.4 Å². The Kier molecular flexibility index (Phi) is 3.87. The Balaban J connectivity index is 1.68. The van der Waals surface area contributed by atoms with E-state index in [1.54, 1.807) is 31.3 Å². The summed E-state index contributed by atoms with van der Waals surface area (Å²) in [6.45, 7) is 0.646. The molecule has 4 rings (SSSR count). The van der Waals surface area contributed by atoms with Crippen LogP contribution < -0.4 is 23.8 Å². The molecule has 0 spiro atoms. The first-order valence-electron chi connectivity index (χ1n) is 7.90. The molecule has 2 aromatic carbocycles. The van der Waals surface area contributed by atoms with Gasteiger partial charge in [-0.05, 0) is 24.3 Å². The molecule has 0 radical (unpaired) electrons. The third-order valence-electron chi connectivity index (χ3n) is 4.14. The minimum Gasteiger partial charge on any atom is -0.486 e. The quantitative estimate of drug-likeness (QED) is 0.875. The molecule has 0 aliphatic carbocycles. The van der Waals surface area contributed by atoms with Crippen LogP contribution in [0.15, 0.2) is 41.3 Å². The number of ether oxygens (including phenoxy) is 3.